The van der Waals surface area contributed by atoms with Crippen molar-refractivity contribution in [3.63, 3.8) is 0 Å². The molecule has 1 fully saturated rings. The fourth-order valence-electron chi connectivity index (χ4n) is 2.48. The summed E-state index contributed by atoms with van der Waals surface area (Å²) in [6.07, 6.45) is 5.07. The Morgan fingerprint density at radius 2 is 2.35 bits per heavy atom. The van der Waals surface area contributed by atoms with Gasteiger partial charge in [0.05, 0.1) is 13.2 Å². The molecule has 0 saturated carbocycles. The zero-order chi connectivity index (χ0) is 12.3. The molecule has 0 radical (unpaired) electrons. The van der Waals surface area contributed by atoms with Gasteiger partial charge in [0, 0.05) is 18.3 Å². The highest BCUT2D eigenvalue weighted by atomic mass is 16.3. The van der Waals surface area contributed by atoms with Crippen LogP contribution in [0.4, 0.5) is 5.82 Å². The molecule has 1 aliphatic heterocycles. The maximum atomic E-state index is 9.40. The van der Waals surface area contributed by atoms with Crippen LogP contribution >= 0.6 is 0 Å². The SMILES string of the molecule is C[C@H]1CCC[C@H](CO)N1Cc1nccc(N)n1. The Labute approximate surface area is 102 Å². The molecule has 5 heteroatoms. The van der Waals surface area contributed by atoms with Crippen LogP contribution in [0.2, 0.25) is 0 Å². The van der Waals surface area contributed by atoms with Gasteiger partial charge in [0.2, 0.25) is 0 Å². The molecule has 1 saturated heterocycles. The first kappa shape index (κ1) is 12.3. The van der Waals surface area contributed by atoms with Crippen molar-refractivity contribution in [2.24, 2.45) is 0 Å². The summed E-state index contributed by atoms with van der Waals surface area (Å²) < 4.78 is 0. The van der Waals surface area contributed by atoms with E-state index in [9.17, 15) is 5.11 Å². The lowest BCUT2D eigenvalue weighted by molar-refractivity contribution is 0.0431. The van der Waals surface area contributed by atoms with Crippen LogP contribution in [0.1, 0.15) is 32.0 Å². The van der Waals surface area contributed by atoms with Crippen LogP contribution in [0.25, 0.3) is 0 Å². The highest BCUT2D eigenvalue weighted by Gasteiger charge is 2.27. The largest absolute Gasteiger partial charge is 0.395 e. The van der Waals surface area contributed by atoms with Gasteiger partial charge in [0.25, 0.3) is 0 Å². The minimum absolute atomic E-state index is 0.201. The molecule has 1 aromatic rings. The van der Waals surface area contributed by atoms with Crippen LogP contribution in [0, 0.1) is 0 Å². The molecule has 1 aromatic heterocycles. The number of aromatic nitrogens is 2. The third kappa shape index (κ3) is 2.92. The van der Waals surface area contributed by atoms with Gasteiger partial charge in [0.1, 0.15) is 11.6 Å². The van der Waals surface area contributed by atoms with Gasteiger partial charge < -0.3 is 10.8 Å². The van der Waals surface area contributed by atoms with Gasteiger partial charge in [0.15, 0.2) is 0 Å². The van der Waals surface area contributed by atoms with Crippen molar-refractivity contribution >= 4 is 5.82 Å². The zero-order valence-corrected chi connectivity index (χ0v) is 10.2. The summed E-state index contributed by atoms with van der Waals surface area (Å²) in [5.41, 5.74) is 5.65. The Kier molecular flexibility index (Phi) is 3.91. The highest BCUT2D eigenvalue weighted by Crippen LogP contribution is 2.23. The zero-order valence-electron chi connectivity index (χ0n) is 10.2. The van der Waals surface area contributed by atoms with Crippen molar-refractivity contribution in [3.05, 3.63) is 18.1 Å². The molecular weight excluding hydrogens is 216 g/mol. The number of hydrogen-bond donors (Lipinski definition) is 2. The van der Waals surface area contributed by atoms with Crippen molar-refractivity contribution < 1.29 is 5.11 Å². The van der Waals surface area contributed by atoms with E-state index in [1.165, 1.54) is 12.8 Å². The molecule has 2 atom stereocenters. The molecule has 0 aliphatic carbocycles. The predicted octanol–water partition coefficient (Wildman–Crippen LogP) is 0.794. The van der Waals surface area contributed by atoms with Gasteiger partial charge in [-0.2, -0.15) is 0 Å². The van der Waals surface area contributed by atoms with Gasteiger partial charge >= 0.3 is 0 Å². The van der Waals surface area contributed by atoms with Gasteiger partial charge in [-0.15, -0.1) is 0 Å². The van der Waals surface area contributed by atoms with Crippen LogP contribution in [-0.4, -0.2) is 38.7 Å². The normalized spacial score (nSPS) is 26.0. The van der Waals surface area contributed by atoms with Crippen LogP contribution in [0.3, 0.4) is 0 Å². The monoisotopic (exact) mass is 236 g/mol. The third-order valence-electron chi connectivity index (χ3n) is 3.46. The smallest absolute Gasteiger partial charge is 0.144 e. The van der Waals surface area contributed by atoms with E-state index < -0.39 is 0 Å². The second kappa shape index (κ2) is 5.42. The molecule has 3 N–H and O–H groups in total. The lowest BCUT2D eigenvalue weighted by atomic mass is 9.97. The van der Waals surface area contributed by atoms with E-state index in [1.54, 1.807) is 12.3 Å². The maximum Gasteiger partial charge on any atom is 0.144 e. The average molecular weight is 236 g/mol. The van der Waals surface area contributed by atoms with Gasteiger partial charge in [-0.3, -0.25) is 4.90 Å². The summed E-state index contributed by atoms with van der Waals surface area (Å²) in [4.78, 5) is 10.7. The summed E-state index contributed by atoms with van der Waals surface area (Å²) in [7, 11) is 0. The molecule has 0 spiro atoms. The number of nitrogen functional groups attached to an aromatic ring is 1. The Bertz CT molecular complexity index is 371. The number of aliphatic hydroxyl groups is 1. The summed E-state index contributed by atoms with van der Waals surface area (Å²) in [5.74, 6) is 1.23. The Morgan fingerprint density at radius 1 is 1.53 bits per heavy atom. The number of piperidine rings is 1. The van der Waals surface area contributed by atoms with Crippen LogP contribution < -0.4 is 5.73 Å². The Morgan fingerprint density at radius 3 is 3.06 bits per heavy atom. The van der Waals surface area contributed by atoms with Crippen molar-refractivity contribution in [2.45, 2.75) is 44.8 Å². The molecule has 0 aromatic carbocycles. The molecule has 1 aliphatic rings. The number of rotatable bonds is 3. The van der Waals surface area contributed by atoms with Crippen molar-refractivity contribution in [2.75, 3.05) is 12.3 Å². The Balaban J connectivity index is 2.09. The van der Waals surface area contributed by atoms with Crippen LogP contribution in [0.5, 0.6) is 0 Å². The van der Waals surface area contributed by atoms with Crippen molar-refractivity contribution in [1.82, 2.24) is 14.9 Å². The molecule has 17 heavy (non-hydrogen) atoms. The van der Waals surface area contributed by atoms with Crippen molar-refractivity contribution in [3.8, 4) is 0 Å². The number of aliphatic hydroxyl groups excluding tert-OH is 1. The van der Waals surface area contributed by atoms with E-state index in [0.29, 0.717) is 18.4 Å². The summed E-state index contributed by atoms with van der Waals surface area (Å²) in [6.45, 7) is 3.05. The third-order valence-corrected chi connectivity index (χ3v) is 3.46. The van der Waals surface area contributed by atoms with Crippen LogP contribution in [-0.2, 0) is 6.54 Å². The second-order valence-electron chi connectivity index (χ2n) is 4.69. The topological polar surface area (TPSA) is 75.3 Å². The molecule has 0 amide bonds. The molecule has 2 rings (SSSR count). The first-order valence-electron chi connectivity index (χ1n) is 6.14. The van der Waals surface area contributed by atoms with E-state index in [1.807, 2.05) is 0 Å². The maximum absolute atomic E-state index is 9.40. The standard InChI is InChI=1S/C12H20N4O/c1-9-3-2-4-10(8-17)16(9)7-12-14-6-5-11(13)15-12/h5-6,9-10,17H,2-4,7-8H2,1H3,(H2,13,14,15)/t9-,10+/m0/s1. The number of anilines is 1. The summed E-state index contributed by atoms with van der Waals surface area (Å²) in [5, 5.41) is 9.40. The molecule has 2 heterocycles. The molecule has 0 unspecified atom stereocenters. The fraction of sp³-hybridized carbons (Fsp3) is 0.667. The highest BCUT2D eigenvalue weighted by molar-refractivity contribution is 5.25. The number of hydrogen-bond acceptors (Lipinski definition) is 5. The molecule has 0 bridgehead atoms. The Hall–Kier alpha value is -1.20. The molecule has 5 nitrogen and oxygen atoms in total. The van der Waals surface area contributed by atoms with Crippen molar-refractivity contribution in [1.29, 1.82) is 0 Å². The van der Waals surface area contributed by atoms with E-state index in [0.717, 1.165) is 12.2 Å². The quantitative estimate of drug-likeness (QED) is 0.811. The number of likely N-dealkylation sites (tertiary alicyclic amines) is 1. The fourth-order valence-corrected chi connectivity index (χ4v) is 2.48. The molecule has 94 valence electrons. The summed E-state index contributed by atoms with van der Waals surface area (Å²) >= 11 is 0. The van der Waals surface area contributed by atoms with Crippen LogP contribution in [0.15, 0.2) is 12.3 Å². The van der Waals surface area contributed by atoms with E-state index in [2.05, 4.69) is 21.8 Å². The van der Waals surface area contributed by atoms with Gasteiger partial charge in [-0.05, 0) is 25.8 Å². The second-order valence-corrected chi connectivity index (χ2v) is 4.69. The van der Waals surface area contributed by atoms with Gasteiger partial charge in [-0.25, -0.2) is 9.97 Å². The van der Waals surface area contributed by atoms with Gasteiger partial charge in [-0.1, -0.05) is 6.42 Å². The van der Waals surface area contributed by atoms with E-state index in [-0.39, 0.29) is 12.6 Å². The summed E-state index contributed by atoms with van der Waals surface area (Å²) in [6, 6.07) is 2.38. The number of nitrogens with two attached hydrogens (primary N) is 1. The predicted molar refractivity (Wildman–Crippen MR) is 66.2 cm³/mol. The molecular formula is C12H20N4O. The first-order chi connectivity index (χ1) is 8.20. The van der Waals surface area contributed by atoms with E-state index in [4.69, 9.17) is 5.73 Å². The lowest BCUT2D eigenvalue weighted by Crippen LogP contribution is -2.46. The number of nitrogens with zero attached hydrogens (tertiary/aromatic N) is 3. The lowest BCUT2D eigenvalue weighted by Gasteiger charge is -2.39. The van der Waals surface area contributed by atoms with E-state index >= 15 is 0 Å². The minimum Gasteiger partial charge on any atom is -0.395 e. The first-order valence-corrected chi connectivity index (χ1v) is 6.14. The minimum atomic E-state index is 0.201. The average Bonchev–Trinajstić information content (AvgIpc) is 2.32.